The number of rotatable bonds is 9. The third-order valence-corrected chi connectivity index (χ3v) is 4.55. The van der Waals surface area contributed by atoms with Gasteiger partial charge in [-0.1, -0.05) is 31.7 Å². The molecule has 1 heterocycles. The van der Waals surface area contributed by atoms with Crippen molar-refractivity contribution in [3.63, 3.8) is 0 Å². The van der Waals surface area contributed by atoms with Gasteiger partial charge >= 0.3 is 0 Å². The van der Waals surface area contributed by atoms with Crippen LogP contribution in [0.25, 0.3) is 0 Å². The second-order valence-electron chi connectivity index (χ2n) is 5.80. The van der Waals surface area contributed by atoms with E-state index < -0.39 is 0 Å². The number of carbonyl (C=O) groups is 1. The summed E-state index contributed by atoms with van der Waals surface area (Å²) in [6.45, 7) is 8.49. The van der Waals surface area contributed by atoms with Crippen molar-refractivity contribution in [2.24, 2.45) is 0 Å². The molecule has 1 N–H and O–H groups in total. The Morgan fingerprint density at radius 2 is 2.12 bits per heavy atom. The van der Waals surface area contributed by atoms with Crippen molar-refractivity contribution < 1.29 is 14.3 Å². The number of amides is 1. The first-order chi connectivity index (χ1) is 12.5. The average molecular weight is 376 g/mol. The predicted octanol–water partition coefficient (Wildman–Crippen LogP) is 3.34. The molecule has 0 saturated heterocycles. The SMILES string of the molecule is C=CCn1c(SCC(=O)Nc2cc(OC)ccc2OC)nnc1C(C)C. The van der Waals surface area contributed by atoms with Crippen LogP contribution < -0.4 is 14.8 Å². The highest BCUT2D eigenvalue weighted by molar-refractivity contribution is 7.99. The van der Waals surface area contributed by atoms with Crippen molar-refractivity contribution in [3.05, 3.63) is 36.7 Å². The first-order valence-corrected chi connectivity index (χ1v) is 9.17. The maximum absolute atomic E-state index is 12.4. The predicted molar refractivity (Wildman–Crippen MR) is 103 cm³/mol. The van der Waals surface area contributed by atoms with Crippen LogP contribution in [0, 0.1) is 0 Å². The van der Waals surface area contributed by atoms with Crippen molar-refractivity contribution in [1.29, 1.82) is 0 Å². The molecule has 0 atom stereocenters. The van der Waals surface area contributed by atoms with E-state index in [4.69, 9.17) is 9.47 Å². The molecular formula is C18H24N4O3S. The second kappa shape index (κ2) is 9.28. The summed E-state index contributed by atoms with van der Waals surface area (Å²) in [6.07, 6.45) is 1.79. The van der Waals surface area contributed by atoms with E-state index >= 15 is 0 Å². The summed E-state index contributed by atoms with van der Waals surface area (Å²) in [5, 5.41) is 12.0. The molecule has 1 amide bonds. The lowest BCUT2D eigenvalue weighted by molar-refractivity contribution is -0.113. The summed E-state index contributed by atoms with van der Waals surface area (Å²) >= 11 is 1.33. The van der Waals surface area contributed by atoms with Crippen molar-refractivity contribution in [2.45, 2.75) is 31.5 Å². The highest BCUT2D eigenvalue weighted by atomic mass is 32.2. The van der Waals surface area contributed by atoms with E-state index in [1.807, 2.05) is 4.57 Å². The number of anilines is 1. The first-order valence-electron chi connectivity index (χ1n) is 8.18. The Balaban J connectivity index is 2.07. The van der Waals surface area contributed by atoms with Gasteiger partial charge in [0.1, 0.15) is 17.3 Å². The lowest BCUT2D eigenvalue weighted by Gasteiger charge is -2.12. The van der Waals surface area contributed by atoms with Gasteiger partial charge < -0.3 is 19.4 Å². The van der Waals surface area contributed by atoms with Crippen LogP contribution in [-0.4, -0.2) is 40.6 Å². The van der Waals surface area contributed by atoms with Gasteiger partial charge in [-0.2, -0.15) is 0 Å². The van der Waals surface area contributed by atoms with Crippen LogP contribution in [0.2, 0.25) is 0 Å². The number of thioether (sulfide) groups is 1. The Morgan fingerprint density at radius 3 is 2.73 bits per heavy atom. The molecule has 0 saturated carbocycles. The van der Waals surface area contributed by atoms with E-state index in [9.17, 15) is 4.79 Å². The maximum atomic E-state index is 12.4. The number of allylic oxidation sites excluding steroid dienone is 1. The van der Waals surface area contributed by atoms with Gasteiger partial charge in [0.05, 0.1) is 25.7 Å². The van der Waals surface area contributed by atoms with E-state index in [-0.39, 0.29) is 17.6 Å². The zero-order valence-electron chi connectivity index (χ0n) is 15.5. The number of hydrogen-bond acceptors (Lipinski definition) is 6. The minimum atomic E-state index is -0.166. The van der Waals surface area contributed by atoms with Crippen LogP contribution in [0.15, 0.2) is 36.0 Å². The lowest BCUT2D eigenvalue weighted by atomic mass is 10.2. The van der Waals surface area contributed by atoms with E-state index in [0.29, 0.717) is 28.9 Å². The largest absolute Gasteiger partial charge is 0.497 e. The van der Waals surface area contributed by atoms with E-state index in [1.54, 1.807) is 38.5 Å². The van der Waals surface area contributed by atoms with Crippen LogP contribution in [-0.2, 0) is 11.3 Å². The summed E-state index contributed by atoms with van der Waals surface area (Å²) in [4.78, 5) is 12.4. The van der Waals surface area contributed by atoms with Gasteiger partial charge in [-0.05, 0) is 12.1 Å². The number of benzene rings is 1. The molecule has 140 valence electrons. The van der Waals surface area contributed by atoms with Crippen LogP contribution in [0.3, 0.4) is 0 Å². The molecule has 0 radical (unpaired) electrons. The first kappa shape index (κ1) is 19.8. The minimum absolute atomic E-state index is 0.166. The van der Waals surface area contributed by atoms with Gasteiger partial charge in [-0.15, -0.1) is 16.8 Å². The fourth-order valence-corrected chi connectivity index (χ4v) is 3.12. The smallest absolute Gasteiger partial charge is 0.234 e. The zero-order chi connectivity index (χ0) is 19.1. The standard InChI is InChI=1S/C18H24N4O3S/c1-6-9-22-17(12(2)3)20-21-18(22)26-11-16(23)19-14-10-13(24-4)7-8-15(14)25-5/h6-8,10,12H,1,9,11H2,2-5H3,(H,19,23). The molecule has 7 nitrogen and oxygen atoms in total. The number of ether oxygens (including phenoxy) is 2. The molecule has 0 fully saturated rings. The van der Waals surface area contributed by atoms with Gasteiger partial charge in [0.2, 0.25) is 5.91 Å². The van der Waals surface area contributed by atoms with Crippen LogP contribution >= 0.6 is 11.8 Å². The fraction of sp³-hybridized carbons (Fsp3) is 0.389. The Bertz CT molecular complexity index is 774. The fourth-order valence-electron chi connectivity index (χ4n) is 2.36. The van der Waals surface area contributed by atoms with Gasteiger partial charge in [0.15, 0.2) is 5.16 Å². The van der Waals surface area contributed by atoms with Crippen LogP contribution in [0.4, 0.5) is 5.69 Å². The van der Waals surface area contributed by atoms with Crippen LogP contribution in [0.1, 0.15) is 25.6 Å². The van der Waals surface area contributed by atoms with Crippen molar-refractivity contribution >= 4 is 23.4 Å². The monoisotopic (exact) mass is 376 g/mol. The molecule has 1 aromatic carbocycles. The maximum Gasteiger partial charge on any atom is 0.234 e. The molecule has 1 aromatic heterocycles. The summed E-state index contributed by atoms with van der Waals surface area (Å²) in [5.74, 6) is 2.37. The summed E-state index contributed by atoms with van der Waals surface area (Å²) < 4.78 is 12.4. The summed E-state index contributed by atoms with van der Waals surface area (Å²) in [7, 11) is 3.12. The van der Waals surface area contributed by atoms with Gasteiger partial charge in [0, 0.05) is 18.5 Å². The van der Waals surface area contributed by atoms with Crippen molar-refractivity contribution in [3.8, 4) is 11.5 Å². The van der Waals surface area contributed by atoms with Gasteiger partial charge in [-0.25, -0.2) is 0 Å². The molecule has 2 rings (SSSR count). The van der Waals surface area contributed by atoms with Crippen molar-refractivity contribution in [1.82, 2.24) is 14.8 Å². The number of nitrogens with one attached hydrogen (secondary N) is 1. The Labute approximate surface area is 157 Å². The van der Waals surface area contributed by atoms with Crippen molar-refractivity contribution in [2.75, 3.05) is 25.3 Å². The summed E-state index contributed by atoms with van der Waals surface area (Å²) in [6, 6.07) is 5.24. The quantitative estimate of drug-likeness (QED) is 0.534. The second-order valence-corrected chi connectivity index (χ2v) is 6.74. The number of carbonyl (C=O) groups excluding carboxylic acids is 1. The van der Waals surface area contributed by atoms with Gasteiger partial charge in [0.25, 0.3) is 0 Å². The molecule has 0 bridgehead atoms. The van der Waals surface area contributed by atoms with E-state index in [2.05, 4.69) is 35.9 Å². The van der Waals surface area contributed by atoms with Gasteiger partial charge in [-0.3, -0.25) is 4.79 Å². The summed E-state index contributed by atoms with van der Waals surface area (Å²) in [5.41, 5.74) is 0.563. The normalized spacial score (nSPS) is 10.7. The van der Waals surface area contributed by atoms with Crippen LogP contribution in [0.5, 0.6) is 11.5 Å². The third kappa shape index (κ3) is 4.78. The molecule has 0 aliphatic carbocycles. The number of methoxy groups -OCH3 is 2. The topological polar surface area (TPSA) is 78.3 Å². The molecule has 0 aliphatic rings. The molecular weight excluding hydrogens is 352 g/mol. The number of hydrogen-bond donors (Lipinski definition) is 1. The zero-order valence-corrected chi connectivity index (χ0v) is 16.3. The highest BCUT2D eigenvalue weighted by Gasteiger charge is 2.16. The number of aromatic nitrogens is 3. The lowest BCUT2D eigenvalue weighted by Crippen LogP contribution is -2.15. The molecule has 0 spiro atoms. The third-order valence-electron chi connectivity index (χ3n) is 3.59. The average Bonchev–Trinajstić information content (AvgIpc) is 3.03. The molecule has 26 heavy (non-hydrogen) atoms. The Hall–Kier alpha value is -2.48. The van der Waals surface area contributed by atoms with E-state index in [1.165, 1.54) is 11.8 Å². The molecule has 0 aliphatic heterocycles. The Kier molecular flexibility index (Phi) is 7.08. The molecule has 8 heteroatoms. The highest BCUT2D eigenvalue weighted by Crippen LogP contribution is 2.29. The number of nitrogens with zero attached hydrogens (tertiary/aromatic N) is 3. The Morgan fingerprint density at radius 1 is 1.35 bits per heavy atom. The van der Waals surface area contributed by atoms with E-state index in [0.717, 1.165) is 5.82 Å². The molecule has 2 aromatic rings. The minimum Gasteiger partial charge on any atom is -0.497 e. The molecule has 0 unspecified atom stereocenters.